The summed E-state index contributed by atoms with van der Waals surface area (Å²) in [5, 5.41) is 0. The minimum atomic E-state index is 0.471. The molecule has 0 N–H and O–H groups in total. The number of allylic oxidation sites excluding steroid dienone is 3. The van der Waals surface area contributed by atoms with Crippen LogP contribution in [-0.4, -0.2) is 15.0 Å². The molecule has 0 fully saturated rings. The lowest BCUT2D eigenvalue weighted by Crippen LogP contribution is -2.23. The Balaban J connectivity index is 2.29. The second kappa shape index (κ2) is 8.93. The first-order chi connectivity index (χ1) is 14.0. The van der Waals surface area contributed by atoms with Gasteiger partial charge in [0, 0.05) is 22.5 Å². The molecule has 0 aliphatic rings. The first kappa shape index (κ1) is 20.0. The predicted molar refractivity (Wildman–Crippen MR) is 121 cm³/mol. The van der Waals surface area contributed by atoms with E-state index in [2.05, 4.69) is 19.7 Å². The summed E-state index contributed by atoms with van der Waals surface area (Å²) in [5.74, 6) is 1.65. The van der Waals surface area contributed by atoms with E-state index in [0.717, 1.165) is 22.4 Å². The zero-order valence-electron chi connectivity index (χ0n) is 16.8. The Labute approximate surface area is 172 Å². The first-order valence-corrected chi connectivity index (χ1v) is 9.33. The average molecular weight is 380 g/mol. The summed E-state index contributed by atoms with van der Waals surface area (Å²) in [7, 11) is 0. The Morgan fingerprint density at radius 1 is 0.759 bits per heavy atom. The van der Waals surface area contributed by atoms with Crippen LogP contribution in [0.3, 0.4) is 0 Å². The van der Waals surface area contributed by atoms with Gasteiger partial charge in [-0.1, -0.05) is 86.0 Å². The highest BCUT2D eigenvalue weighted by Gasteiger charge is 2.19. The maximum Gasteiger partial charge on any atom is 0.238 e. The van der Waals surface area contributed by atoms with Crippen LogP contribution in [-0.2, 0) is 0 Å². The number of benzene rings is 2. The number of rotatable bonds is 7. The molecule has 1 aromatic heterocycles. The van der Waals surface area contributed by atoms with Gasteiger partial charge in [-0.25, -0.2) is 4.98 Å². The molecule has 4 nitrogen and oxygen atoms in total. The van der Waals surface area contributed by atoms with Crippen molar-refractivity contribution in [2.45, 2.75) is 13.8 Å². The van der Waals surface area contributed by atoms with Crippen LogP contribution in [0, 0.1) is 0 Å². The van der Waals surface area contributed by atoms with Crippen LogP contribution < -0.4 is 4.90 Å². The minimum Gasteiger partial charge on any atom is -0.280 e. The van der Waals surface area contributed by atoms with Gasteiger partial charge in [-0.2, -0.15) is 9.97 Å². The second-order valence-corrected chi connectivity index (χ2v) is 6.63. The van der Waals surface area contributed by atoms with E-state index in [9.17, 15) is 0 Å². The van der Waals surface area contributed by atoms with Gasteiger partial charge >= 0.3 is 0 Å². The molecular weight excluding hydrogens is 356 g/mol. The normalized spacial score (nSPS) is 10.1. The molecule has 1 heterocycles. The quantitative estimate of drug-likeness (QED) is 0.458. The molecule has 2 aromatic carbocycles. The molecule has 0 unspecified atom stereocenters. The minimum absolute atomic E-state index is 0.471. The summed E-state index contributed by atoms with van der Waals surface area (Å²) in [6.07, 6.45) is 3.46. The van der Waals surface area contributed by atoms with Gasteiger partial charge in [0.05, 0.1) is 0 Å². The number of aromatic nitrogens is 3. The van der Waals surface area contributed by atoms with Crippen molar-refractivity contribution < 1.29 is 0 Å². The highest BCUT2D eigenvalue weighted by molar-refractivity contribution is 5.65. The summed E-state index contributed by atoms with van der Waals surface area (Å²) >= 11 is 0. The van der Waals surface area contributed by atoms with Crippen LogP contribution in [0.15, 0.2) is 110 Å². The molecule has 144 valence electrons. The molecule has 0 saturated heterocycles. The van der Waals surface area contributed by atoms with Crippen molar-refractivity contribution in [1.29, 1.82) is 0 Å². The zero-order chi connectivity index (χ0) is 20.8. The third kappa shape index (κ3) is 4.38. The molecule has 0 amide bonds. The van der Waals surface area contributed by atoms with Gasteiger partial charge in [0.15, 0.2) is 11.6 Å². The first-order valence-electron chi connectivity index (χ1n) is 9.33. The predicted octanol–water partition coefficient (Wildman–Crippen LogP) is 6.19. The monoisotopic (exact) mass is 380 g/mol. The van der Waals surface area contributed by atoms with E-state index >= 15 is 0 Å². The summed E-state index contributed by atoms with van der Waals surface area (Å²) in [6.45, 7) is 16.0. The number of hydrogen-bond acceptors (Lipinski definition) is 4. The van der Waals surface area contributed by atoms with Gasteiger partial charge in [-0.05, 0) is 26.0 Å². The summed E-state index contributed by atoms with van der Waals surface area (Å²) < 4.78 is 0. The summed E-state index contributed by atoms with van der Waals surface area (Å²) in [6, 6.07) is 19.7. The molecule has 0 aliphatic carbocycles. The molecule has 0 saturated carbocycles. The Kier molecular flexibility index (Phi) is 6.15. The van der Waals surface area contributed by atoms with Crippen LogP contribution >= 0.6 is 0 Å². The largest absolute Gasteiger partial charge is 0.280 e. The van der Waals surface area contributed by atoms with Crippen LogP contribution in [0.5, 0.6) is 0 Å². The van der Waals surface area contributed by atoms with Crippen LogP contribution in [0.1, 0.15) is 13.8 Å². The average Bonchev–Trinajstić information content (AvgIpc) is 2.77. The molecule has 0 atom stereocenters. The van der Waals surface area contributed by atoms with Gasteiger partial charge in [-0.15, -0.1) is 0 Å². The highest BCUT2D eigenvalue weighted by Crippen LogP contribution is 2.28. The molecule has 0 bridgehead atoms. The maximum absolute atomic E-state index is 4.76. The fraction of sp³-hybridized carbons (Fsp3) is 0.0800. The number of hydrogen-bond donors (Lipinski definition) is 0. The molecule has 0 aliphatic heterocycles. The molecule has 0 spiro atoms. The number of nitrogens with zero attached hydrogens (tertiary/aromatic N) is 4. The van der Waals surface area contributed by atoms with Gasteiger partial charge in [-0.3, -0.25) is 4.90 Å². The van der Waals surface area contributed by atoms with E-state index in [1.54, 1.807) is 12.2 Å². The molecule has 4 heteroatoms. The van der Waals surface area contributed by atoms with Crippen molar-refractivity contribution >= 4 is 5.95 Å². The van der Waals surface area contributed by atoms with Gasteiger partial charge in [0.1, 0.15) is 0 Å². The Morgan fingerprint density at radius 3 is 1.62 bits per heavy atom. The molecule has 0 radical (unpaired) electrons. The smallest absolute Gasteiger partial charge is 0.238 e. The van der Waals surface area contributed by atoms with E-state index < -0.39 is 0 Å². The van der Waals surface area contributed by atoms with Gasteiger partial charge < -0.3 is 0 Å². The fourth-order valence-corrected chi connectivity index (χ4v) is 2.90. The van der Waals surface area contributed by atoms with Crippen LogP contribution in [0.2, 0.25) is 0 Å². The highest BCUT2D eigenvalue weighted by atomic mass is 15.3. The second-order valence-electron chi connectivity index (χ2n) is 6.63. The van der Waals surface area contributed by atoms with Gasteiger partial charge in [0.2, 0.25) is 5.95 Å². The Bertz CT molecular complexity index is 1000. The van der Waals surface area contributed by atoms with E-state index in [-0.39, 0.29) is 0 Å². The van der Waals surface area contributed by atoms with Crippen LogP contribution in [0.25, 0.3) is 22.8 Å². The molecule has 3 aromatic rings. The summed E-state index contributed by atoms with van der Waals surface area (Å²) in [4.78, 5) is 16.1. The third-order valence-electron chi connectivity index (χ3n) is 4.36. The lowest BCUT2D eigenvalue weighted by Gasteiger charge is -2.26. The Hall–Kier alpha value is -3.79. The fourth-order valence-electron chi connectivity index (χ4n) is 2.90. The maximum atomic E-state index is 4.76. The SMILES string of the molecule is C=CC(=C)N(C(C=C)=C(C)C)c1nc(-c2ccccc2)nc(-c2ccccc2)n1. The summed E-state index contributed by atoms with van der Waals surface area (Å²) in [5.41, 5.74) is 4.40. The van der Waals surface area contributed by atoms with Crippen molar-refractivity contribution in [2.24, 2.45) is 0 Å². The van der Waals surface area contributed by atoms with Crippen molar-refractivity contribution in [2.75, 3.05) is 4.90 Å². The van der Waals surface area contributed by atoms with Gasteiger partial charge in [0.25, 0.3) is 0 Å². The topological polar surface area (TPSA) is 41.9 Å². The molecule has 29 heavy (non-hydrogen) atoms. The van der Waals surface area contributed by atoms with Crippen molar-refractivity contribution in [3.8, 4) is 22.8 Å². The van der Waals surface area contributed by atoms with E-state index in [1.165, 1.54) is 0 Å². The van der Waals surface area contributed by atoms with Crippen molar-refractivity contribution in [1.82, 2.24) is 15.0 Å². The van der Waals surface area contributed by atoms with Crippen molar-refractivity contribution in [3.63, 3.8) is 0 Å². The number of anilines is 1. The molecular formula is C25H24N4. The lowest BCUT2D eigenvalue weighted by molar-refractivity contribution is 0.971. The standard InChI is InChI=1S/C25H24N4/c1-6-19(5)29(22(7-2)18(3)4)25-27-23(20-14-10-8-11-15-20)26-24(28-25)21-16-12-9-13-17-21/h6-17H,1-2,5H2,3-4H3. The van der Waals surface area contributed by atoms with E-state index in [0.29, 0.717) is 23.3 Å². The third-order valence-corrected chi connectivity index (χ3v) is 4.36. The van der Waals surface area contributed by atoms with Crippen molar-refractivity contribution in [3.05, 3.63) is 110 Å². The lowest BCUT2D eigenvalue weighted by atomic mass is 10.2. The van der Waals surface area contributed by atoms with Crippen LogP contribution in [0.4, 0.5) is 5.95 Å². The van der Waals surface area contributed by atoms with E-state index in [1.807, 2.05) is 79.4 Å². The molecule has 3 rings (SSSR count). The Morgan fingerprint density at radius 2 is 1.24 bits per heavy atom. The van der Waals surface area contributed by atoms with E-state index in [4.69, 9.17) is 15.0 Å². The zero-order valence-corrected chi connectivity index (χ0v) is 16.8.